The molecule has 4 nitrogen and oxygen atoms in total. The summed E-state index contributed by atoms with van der Waals surface area (Å²) in [5.41, 5.74) is 7.05. The average molecular weight is 225 g/mol. The van der Waals surface area contributed by atoms with Crippen LogP contribution in [0.5, 0.6) is 0 Å². The Morgan fingerprint density at radius 2 is 2.40 bits per heavy atom. The summed E-state index contributed by atoms with van der Waals surface area (Å²) in [5.74, 6) is 1.40. The average Bonchev–Trinajstić information content (AvgIpc) is 2.19. The molecule has 0 aliphatic carbocycles. The van der Waals surface area contributed by atoms with Gasteiger partial charge in [-0.05, 0) is 24.8 Å². The smallest absolute Gasteiger partial charge is 0.226 e. The second-order valence-corrected chi connectivity index (χ2v) is 4.21. The molecule has 1 amide bonds. The van der Waals surface area contributed by atoms with Crippen LogP contribution in [0.1, 0.15) is 12.0 Å². The molecule has 0 saturated heterocycles. The molecule has 1 rings (SSSR count). The maximum atomic E-state index is 11.4. The third-order valence-electron chi connectivity index (χ3n) is 1.89. The van der Waals surface area contributed by atoms with Crippen molar-refractivity contribution in [3.05, 3.63) is 17.8 Å². The van der Waals surface area contributed by atoms with Crippen LogP contribution in [-0.4, -0.2) is 22.9 Å². The van der Waals surface area contributed by atoms with Gasteiger partial charge in [0.15, 0.2) is 0 Å². The Morgan fingerprint density at radius 1 is 1.67 bits per heavy atom. The number of rotatable bonds is 4. The highest BCUT2D eigenvalue weighted by atomic mass is 32.2. The molecule has 0 radical (unpaired) electrons. The van der Waals surface area contributed by atoms with Crippen LogP contribution in [-0.2, 0) is 4.79 Å². The van der Waals surface area contributed by atoms with Crippen molar-refractivity contribution in [3.8, 4) is 0 Å². The lowest BCUT2D eigenvalue weighted by Crippen LogP contribution is -2.14. The second kappa shape index (κ2) is 5.60. The molecule has 0 saturated carbocycles. The lowest BCUT2D eigenvalue weighted by Gasteiger charge is -2.07. The van der Waals surface area contributed by atoms with Crippen LogP contribution in [0.2, 0.25) is 0 Å². The van der Waals surface area contributed by atoms with E-state index in [-0.39, 0.29) is 5.91 Å². The van der Waals surface area contributed by atoms with Crippen molar-refractivity contribution >= 4 is 29.2 Å². The fourth-order valence-electron chi connectivity index (χ4n) is 1.12. The highest BCUT2D eigenvalue weighted by Gasteiger charge is 2.05. The molecule has 3 N–H and O–H groups in total. The molecule has 1 aromatic heterocycles. The highest BCUT2D eigenvalue weighted by Crippen LogP contribution is 2.14. The largest absolute Gasteiger partial charge is 0.397 e. The number of carbonyl (C=O) groups excluding carboxylic acids is 1. The van der Waals surface area contributed by atoms with E-state index in [4.69, 9.17) is 5.73 Å². The molecule has 0 aromatic carbocycles. The van der Waals surface area contributed by atoms with Gasteiger partial charge >= 0.3 is 0 Å². The fourth-order valence-corrected chi connectivity index (χ4v) is 1.51. The number of hydrogen-bond donors (Lipinski definition) is 2. The summed E-state index contributed by atoms with van der Waals surface area (Å²) >= 11 is 1.65. The summed E-state index contributed by atoms with van der Waals surface area (Å²) < 4.78 is 0. The van der Waals surface area contributed by atoms with Gasteiger partial charge in [-0.25, -0.2) is 4.98 Å². The van der Waals surface area contributed by atoms with Gasteiger partial charge in [0, 0.05) is 12.2 Å². The molecule has 0 atom stereocenters. The van der Waals surface area contributed by atoms with Crippen molar-refractivity contribution < 1.29 is 4.79 Å². The summed E-state index contributed by atoms with van der Waals surface area (Å²) in [5, 5.41) is 2.75. The number of hydrogen-bond acceptors (Lipinski definition) is 4. The van der Waals surface area contributed by atoms with Crippen LogP contribution in [0, 0.1) is 6.92 Å². The number of nitrogens with two attached hydrogens (primary N) is 1. The van der Waals surface area contributed by atoms with Crippen molar-refractivity contribution in [1.82, 2.24) is 4.98 Å². The van der Waals surface area contributed by atoms with Crippen LogP contribution in [0.25, 0.3) is 0 Å². The van der Waals surface area contributed by atoms with E-state index < -0.39 is 0 Å². The number of carbonyl (C=O) groups is 1. The van der Waals surface area contributed by atoms with Crippen molar-refractivity contribution in [2.45, 2.75) is 13.3 Å². The first-order valence-corrected chi connectivity index (χ1v) is 6.03. The quantitative estimate of drug-likeness (QED) is 0.817. The van der Waals surface area contributed by atoms with Gasteiger partial charge in [-0.3, -0.25) is 4.79 Å². The molecule has 1 aromatic rings. The van der Waals surface area contributed by atoms with Crippen LogP contribution in [0.3, 0.4) is 0 Å². The van der Waals surface area contributed by atoms with Gasteiger partial charge < -0.3 is 11.1 Å². The number of anilines is 2. The molecule has 15 heavy (non-hydrogen) atoms. The number of nitrogen functional groups attached to an aromatic ring is 1. The summed E-state index contributed by atoms with van der Waals surface area (Å²) in [4.78, 5) is 15.5. The maximum absolute atomic E-state index is 11.4. The van der Waals surface area contributed by atoms with E-state index in [2.05, 4.69) is 10.3 Å². The molecule has 0 aliphatic rings. The molecule has 0 bridgehead atoms. The van der Waals surface area contributed by atoms with Gasteiger partial charge in [-0.1, -0.05) is 0 Å². The van der Waals surface area contributed by atoms with Gasteiger partial charge in [0.25, 0.3) is 0 Å². The van der Waals surface area contributed by atoms with E-state index in [0.29, 0.717) is 17.9 Å². The molecular formula is C10H15N3OS. The Hall–Kier alpha value is -1.23. The third kappa shape index (κ3) is 3.79. The normalized spacial score (nSPS) is 10.0. The monoisotopic (exact) mass is 225 g/mol. The van der Waals surface area contributed by atoms with Gasteiger partial charge in [-0.2, -0.15) is 11.8 Å². The minimum Gasteiger partial charge on any atom is -0.397 e. The lowest BCUT2D eigenvalue weighted by atomic mass is 10.2. The van der Waals surface area contributed by atoms with Gasteiger partial charge in [0.2, 0.25) is 5.91 Å². The van der Waals surface area contributed by atoms with Crippen LogP contribution < -0.4 is 11.1 Å². The van der Waals surface area contributed by atoms with Crippen LogP contribution in [0.4, 0.5) is 11.5 Å². The molecule has 5 heteroatoms. The van der Waals surface area contributed by atoms with Gasteiger partial charge in [0.1, 0.15) is 5.82 Å². The zero-order chi connectivity index (χ0) is 11.3. The number of aryl methyl sites for hydroxylation is 1. The molecule has 0 unspecified atom stereocenters. The predicted molar refractivity (Wildman–Crippen MR) is 65.0 cm³/mol. The van der Waals surface area contributed by atoms with E-state index in [0.717, 1.165) is 11.3 Å². The number of nitrogens with zero attached hydrogens (tertiary/aromatic N) is 1. The Kier molecular flexibility index (Phi) is 4.42. The topological polar surface area (TPSA) is 68.0 Å². The van der Waals surface area contributed by atoms with E-state index in [9.17, 15) is 4.79 Å². The fraction of sp³-hybridized carbons (Fsp3) is 0.400. The Bertz CT molecular complexity index is 355. The number of nitrogens with one attached hydrogen (secondary N) is 1. The van der Waals surface area contributed by atoms with Crippen LogP contribution >= 0.6 is 11.8 Å². The molecular weight excluding hydrogens is 210 g/mol. The zero-order valence-corrected chi connectivity index (χ0v) is 9.73. The predicted octanol–water partition coefficient (Wildman–Crippen LogP) is 1.66. The number of aromatic nitrogens is 1. The minimum absolute atomic E-state index is 0.00952. The Labute approximate surface area is 93.7 Å². The standard InChI is InChI=1S/C10H15N3OS/c1-7-5-8(11)6-12-10(7)13-9(14)3-4-15-2/h5-6H,3-4,11H2,1-2H3,(H,12,13,14). The first-order chi connectivity index (χ1) is 7.13. The van der Waals surface area contributed by atoms with Crippen molar-refractivity contribution in [3.63, 3.8) is 0 Å². The first kappa shape index (κ1) is 11.8. The zero-order valence-electron chi connectivity index (χ0n) is 8.91. The van der Waals surface area contributed by atoms with Gasteiger partial charge in [0.05, 0.1) is 11.9 Å². The van der Waals surface area contributed by atoms with Gasteiger partial charge in [-0.15, -0.1) is 0 Å². The number of amides is 1. The van der Waals surface area contributed by atoms with Crippen molar-refractivity contribution in [2.24, 2.45) is 0 Å². The summed E-state index contributed by atoms with van der Waals surface area (Å²) in [6, 6.07) is 1.79. The second-order valence-electron chi connectivity index (χ2n) is 3.23. The Morgan fingerprint density at radius 3 is 3.00 bits per heavy atom. The first-order valence-electron chi connectivity index (χ1n) is 4.64. The Balaban J connectivity index is 2.60. The van der Waals surface area contributed by atoms with Crippen molar-refractivity contribution in [2.75, 3.05) is 23.1 Å². The van der Waals surface area contributed by atoms with E-state index in [1.807, 2.05) is 13.2 Å². The summed E-state index contributed by atoms with van der Waals surface area (Å²) in [6.07, 6.45) is 4.02. The molecule has 1 heterocycles. The van der Waals surface area contributed by atoms with Crippen LogP contribution in [0.15, 0.2) is 12.3 Å². The van der Waals surface area contributed by atoms with Crippen molar-refractivity contribution in [1.29, 1.82) is 0 Å². The minimum atomic E-state index is -0.00952. The van der Waals surface area contributed by atoms with E-state index >= 15 is 0 Å². The number of pyridine rings is 1. The van der Waals surface area contributed by atoms with E-state index in [1.165, 1.54) is 6.20 Å². The molecule has 0 spiro atoms. The third-order valence-corrected chi connectivity index (χ3v) is 2.50. The van der Waals surface area contributed by atoms with E-state index in [1.54, 1.807) is 17.8 Å². The molecule has 0 fully saturated rings. The number of thioether (sulfide) groups is 1. The molecule has 82 valence electrons. The molecule has 0 aliphatic heterocycles. The maximum Gasteiger partial charge on any atom is 0.226 e. The summed E-state index contributed by atoms with van der Waals surface area (Å²) in [6.45, 7) is 1.87. The SMILES string of the molecule is CSCCC(=O)Nc1ncc(N)cc1C. The lowest BCUT2D eigenvalue weighted by molar-refractivity contribution is -0.115. The summed E-state index contributed by atoms with van der Waals surface area (Å²) in [7, 11) is 0. The highest BCUT2D eigenvalue weighted by molar-refractivity contribution is 7.98.